The molecule has 9 heteroatoms. The Morgan fingerprint density at radius 1 is 1.04 bits per heavy atom. The Morgan fingerprint density at radius 3 is 1.92 bits per heavy atom. The monoisotopic (exact) mass is 385 g/mol. The van der Waals surface area contributed by atoms with Crippen LogP contribution >= 0.6 is 11.8 Å². The summed E-state index contributed by atoms with van der Waals surface area (Å²) in [5.41, 5.74) is 2.53. The molecule has 0 spiro atoms. The Morgan fingerprint density at radius 2 is 1.52 bits per heavy atom. The van der Waals surface area contributed by atoms with E-state index in [0.717, 1.165) is 37.4 Å². The molecule has 1 aromatic carbocycles. The third-order valence-corrected chi connectivity index (χ3v) is 5.66. The van der Waals surface area contributed by atoms with Crippen LogP contribution in [0.3, 0.4) is 0 Å². The molecular formula is C16H17F6NOS. The van der Waals surface area contributed by atoms with Gasteiger partial charge in [0.1, 0.15) is 0 Å². The summed E-state index contributed by atoms with van der Waals surface area (Å²) in [4.78, 5) is 11.6. The zero-order valence-corrected chi connectivity index (χ0v) is 13.9. The quantitative estimate of drug-likeness (QED) is 0.725. The van der Waals surface area contributed by atoms with Gasteiger partial charge in [0.2, 0.25) is 5.91 Å². The van der Waals surface area contributed by atoms with Crippen LogP contribution in [-0.2, 0) is 22.9 Å². The molecule has 1 amide bonds. The number of carbonyl (C=O) groups excluding carboxylic acids is 1. The SMILES string of the molecule is NC(=O)C(SCc1cc(C(F)(F)F)cc(C(F)(F)F)c1)C1CCCC1. The van der Waals surface area contributed by atoms with Gasteiger partial charge >= 0.3 is 12.4 Å². The second-order valence-corrected chi connectivity index (χ2v) is 7.22. The Labute approximate surface area is 145 Å². The minimum Gasteiger partial charge on any atom is -0.369 e. The van der Waals surface area contributed by atoms with Crippen LogP contribution < -0.4 is 5.73 Å². The van der Waals surface area contributed by atoms with Crippen molar-refractivity contribution in [2.45, 2.75) is 49.0 Å². The number of amides is 1. The lowest BCUT2D eigenvalue weighted by molar-refractivity contribution is -0.143. The molecule has 0 bridgehead atoms. The number of halogens is 6. The highest BCUT2D eigenvalue weighted by molar-refractivity contribution is 7.99. The van der Waals surface area contributed by atoms with Crippen LogP contribution in [0.1, 0.15) is 42.4 Å². The zero-order valence-electron chi connectivity index (χ0n) is 13.1. The topological polar surface area (TPSA) is 43.1 Å². The molecule has 0 heterocycles. The van der Waals surface area contributed by atoms with Crippen LogP contribution in [0, 0.1) is 5.92 Å². The lowest BCUT2D eigenvalue weighted by atomic mass is 10.0. The molecular weight excluding hydrogens is 368 g/mol. The third-order valence-electron chi connectivity index (χ3n) is 4.19. The molecule has 1 fully saturated rings. The maximum atomic E-state index is 12.9. The van der Waals surface area contributed by atoms with E-state index in [9.17, 15) is 31.1 Å². The zero-order chi connectivity index (χ0) is 18.8. The molecule has 0 saturated heterocycles. The molecule has 1 saturated carbocycles. The third kappa shape index (κ3) is 5.29. The number of hydrogen-bond donors (Lipinski definition) is 1. The molecule has 1 aliphatic rings. The second-order valence-electron chi connectivity index (χ2n) is 6.09. The minimum atomic E-state index is -4.88. The van der Waals surface area contributed by atoms with Gasteiger partial charge in [-0.25, -0.2) is 0 Å². The standard InChI is InChI=1S/C16H17F6NOS/c17-15(18,19)11-5-9(6-12(7-11)16(20,21)22)8-25-13(14(23)24)10-3-1-2-4-10/h5-7,10,13H,1-4,8H2,(H2,23,24). The van der Waals surface area contributed by atoms with Crippen molar-refractivity contribution in [3.63, 3.8) is 0 Å². The molecule has 0 aliphatic heterocycles. The molecule has 0 radical (unpaired) electrons. The van der Waals surface area contributed by atoms with Crippen molar-refractivity contribution in [3.05, 3.63) is 34.9 Å². The summed E-state index contributed by atoms with van der Waals surface area (Å²) < 4.78 is 77.2. The van der Waals surface area contributed by atoms with Gasteiger partial charge in [-0.15, -0.1) is 11.8 Å². The number of thioether (sulfide) groups is 1. The number of benzene rings is 1. The van der Waals surface area contributed by atoms with Crippen LogP contribution in [-0.4, -0.2) is 11.2 Å². The molecule has 1 atom stereocenters. The fraction of sp³-hybridized carbons (Fsp3) is 0.562. The van der Waals surface area contributed by atoms with E-state index in [-0.39, 0.29) is 23.3 Å². The number of alkyl halides is 6. The Kier molecular flexibility index (Phi) is 5.96. The summed E-state index contributed by atoms with van der Waals surface area (Å²) in [5, 5.41) is -0.605. The smallest absolute Gasteiger partial charge is 0.369 e. The highest BCUT2D eigenvalue weighted by Gasteiger charge is 2.37. The number of primary amides is 1. The molecule has 25 heavy (non-hydrogen) atoms. The number of hydrogen-bond acceptors (Lipinski definition) is 2. The van der Waals surface area contributed by atoms with Crippen LogP contribution in [0.2, 0.25) is 0 Å². The normalized spacial score (nSPS) is 17.7. The predicted octanol–water partition coefficient (Wildman–Crippen LogP) is 5.00. The number of nitrogens with two attached hydrogens (primary N) is 1. The molecule has 2 rings (SSSR count). The number of carbonyl (C=O) groups is 1. The van der Waals surface area contributed by atoms with E-state index < -0.39 is 34.6 Å². The summed E-state index contributed by atoms with van der Waals surface area (Å²) in [6.45, 7) is 0. The van der Waals surface area contributed by atoms with Gasteiger partial charge < -0.3 is 5.73 Å². The van der Waals surface area contributed by atoms with Gasteiger partial charge in [0, 0.05) is 5.75 Å². The lowest BCUT2D eigenvalue weighted by Crippen LogP contribution is -2.31. The minimum absolute atomic E-state index is 0.0235. The molecule has 1 unspecified atom stereocenters. The molecule has 140 valence electrons. The fourth-order valence-electron chi connectivity index (χ4n) is 3.00. The van der Waals surface area contributed by atoms with Crippen molar-refractivity contribution in [3.8, 4) is 0 Å². The van der Waals surface area contributed by atoms with Crippen molar-refractivity contribution < 1.29 is 31.1 Å². The van der Waals surface area contributed by atoms with E-state index in [1.165, 1.54) is 0 Å². The molecule has 2 N–H and O–H groups in total. The van der Waals surface area contributed by atoms with Gasteiger partial charge in [0.15, 0.2) is 0 Å². The highest BCUT2D eigenvalue weighted by Crippen LogP contribution is 2.39. The molecule has 1 aliphatic carbocycles. The van der Waals surface area contributed by atoms with Crippen molar-refractivity contribution in [2.75, 3.05) is 0 Å². The van der Waals surface area contributed by atoms with Crippen molar-refractivity contribution >= 4 is 17.7 Å². The predicted molar refractivity (Wildman–Crippen MR) is 82.7 cm³/mol. The first kappa shape index (κ1) is 19.9. The summed E-state index contributed by atoms with van der Waals surface area (Å²) in [5.74, 6) is -0.702. The van der Waals surface area contributed by atoms with Gasteiger partial charge in [-0.2, -0.15) is 26.3 Å². The summed E-state index contributed by atoms with van der Waals surface area (Å²) in [7, 11) is 0. The molecule has 0 aromatic heterocycles. The Bertz CT molecular complexity index is 590. The average molecular weight is 385 g/mol. The van der Waals surface area contributed by atoms with Gasteiger partial charge in [0.05, 0.1) is 16.4 Å². The van der Waals surface area contributed by atoms with Gasteiger partial charge in [-0.3, -0.25) is 4.79 Å². The van der Waals surface area contributed by atoms with E-state index in [4.69, 9.17) is 5.73 Å². The van der Waals surface area contributed by atoms with Gasteiger partial charge in [-0.05, 0) is 42.5 Å². The van der Waals surface area contributed by atoms with E-state index in [1.54, 1.807) is 0 Å². The summed E-state index contributed by atoms with van der Waals surface area (Å²) in [6, 6.07) is 1.47. The van der Waals surface area contributed by atoms with Gasteiger partial charge in [0.25, 0.3) is 0 Å². The first-order valence-corrected chi connectivity index (χ1v) is 8.72. The maximum absolute atomic E-state index is 12.9. The molecule has 2 nitrogen and oxygen atoms in total. The first-order valence-electron chi connectivity index (χ1n) is 7.68. The summed E-state index contributed by atoms with van der Waals surface area (Å²) in [6.07, 6.45) is -6.30. The van der Waals surface area contributed by atoms with Crippen LogP contribution in [0.15, 0.2) is 18.2 Å². The average Bonchev–Trinajstić information content (AvgIpc) is 2.99. The summed E-state index contributed by atoms with van der Waals surface area (Å²) >= 11 is 1.01. The lowest BCUT2D eigenvalue weighted by Gasteiger charge is -2.20. The van der Waals surface area contributed by atoms with Crippen LogP contribution in [0.25, 0.3) is 0 Å². The maximum Gasteiger partial charge on any atom is 0.416 e. The fourth-order valence-corrected chi connectivity index (χ4v) is 4.25. The van der Waals surface area contributed by atoms with Crippen LogP contribution in [0.4, 0.5) is 26.3 Å². The van der Waals surface area contributed by atoms with Crippen molar-refractivity contribution in [2.24, 2.45) is 11.7 Å². The van der Waals surface area contributed by atoms with Crippen molar-refractivity contribution in [1.29, 1.82) is 0 Å². The highest BCUT2D eigenvalue weighted by atomic mass is 32.2. The Hall–Kier alpha value is -1.38. The number of rotatable bonds is 5. The van der Waals surface area contributed by atoms with Gasteiger partial charge in [-0.1, -0.05) is 12.8 Å². The van der Waals surface area contributed by atoms with Crippen molar-refractivity contribution in [1.82, 2.24) is 0 Å². The molecule has 1 aromatic rings. The van der Waals surface area contributed by atoms with Crippen LogP contribution in [0.5, 0.6) is 0 Å². The largest absolute Gasteiger partial charge is 0.416 e. The Balaban J connectivity index is 2.24. The van der Waals surface area contributed by atoms with E-state index >= 15 is 0 Å². The van der Waals surface area contributed by atoms with E-state index in [0.29, 0.717) is 12.1 Å². The van der Waals surface area contributed by atoms with E-state index in [1.807, 2.05) is 0 Å². The second kappa shape index (κ2) is 7.47. The first-order chi connectivity index (χ1) is 11.5. The van der Waals surface area contributed by atoms with E-state index in [2.05, 4.69) is 0 Å².